The molecule has 0 saturated carbocycles. The fourth-order valence-corrected chi connectivity index (χ4v) is 2.23. The Balaban J connectivity index is 2.56. The van der Waals surface area contributed by atoms with E-state index in [1.54, 1.807) is 0 Å². The Labute approximate surface area is 126 Å². The van der Waals surface area contributed by atoms with Crippen molar-refractivity contribution in [2.75, 3.05) is 20.1 Å². The minimum Gasteiger partial charge on any atom is -0.348 e. The summed E-state index contributed by atoms with van der Waals surface area (Å²) in [6, 6.07) is 0. The maximum Gasteiger partial charge on any atom is 0.234 e. The first-order chi connectivity index (χ1) is 9.87. The van der Waals surface area contributed by atoms with Crippen LogP contribution in [-0.2, 0) is 18.4 Å². The van der Waals surface area contributed by atoms with Crippen LogP contribution in [0.3, 0.4) is 0 Å². The molecule has 0 spiro atoms. The summed E-state index contributed by atoms with van der Waals surface area (Å²) < 4.78 is 1.93. The van der Waals surface area contributed by atoms with E-state index < -0.39 is 0 Å². The third kappa shape index (κ3) is 4.50. The number of nitrogens with two attached hydrogens (primary N) is 1. The predicted octanol–water partition coefficient (Wildman–Crippen LogP) is 0.189. The molecule has 120 valence electrons. The molecular formula is C14H28N6O. The van der Waals surface area contributed by atoms with Gasteiger partial charge in [0.25, 0.3) is 0 Å². The van der Waals surface area contributed by atoms with E-state index in [4.69, 9.17) is 5.73 Å². The molecule has 7 nitrogen and oxygen atoms in total. The topological polar surface area (TPSA) is 89.1 Å². The highest BCUT2D eigenvalue weighted by molar-refractivity contribution is 5.78. The lowest BCUT2D eigenvalue weighted by Gasteiger charge is -2.32. The molecule has 7 heteroatoms. The normalized spacial score (nSPS) is 12.0. The number of likely N-dealkylation sites (N-methyl/N-ethyl adjacent to an activating group) is 1. The van der Waals surface area contributed by atoms with Crippen molar-refractivity contribution in [3.8, 4) is 0 Å². The van der Waals surface area contributed by atoms with Crippen LogP contribution in [0.25, 0.3) is 0 Å². The van der Waals surface area contributed by atoms with Crippen molar-refractivity contribution in [1.82, 2.24) is 25.0 Å². The molecule has 0 aliphatic carbocycles. The molecule has 0 saturated heterocycles. The molecule has 1 aromatic rings. The minimum absolute atomic E-state index is 0.00876. The van der Waals surface area contributed by atoms with Crippen molar-refractivity contribution in [2.45, 2.75) is 45.7 Å². The summed E-state index contributed by atoms with van der Waals surface area (Å²) in [5.41, 5.74) is 5.51. The zero-order chi connectivity index (χ0) is 16.0. The van der Waals surface area contributed by atoms with Gasteiger partial charge in [0, 0.05) is 13.6 Å². The second kappa shape index (κ2) is 7.51. The SMILES string of the molecule is CCC(CC)(CN)NC(=O)CN(C)Cc1nnc(C)n1C. The van der Waals surface area contributed by atoms with Gasteiger partial charge in [-0.25, -0.2) is 0 Å². The van der Waals surface area contributed by atoms with E-state index in [0.717, 1.165) is 24.5 Å². The lowest BCUT2D eigenvalue weighted by molar-refractivity contribution is -0.124. The Kier molecular flexibility index (Phi) is 6.29. The number of carbonyl (C=O) groups is 1. The van der Waals surface area contributed by atoms with Gasteiger partial charge in [-0.2, -0.15) is 0 Å². The van der Waals surface area contributed by atoms with E-state index in [2.05, 4.69) is 15.5 Å². The molecule has 0 atom stereocenters. The van der Waals surface area contributed by atoms with Gasteiger partial charge < -0.3 is 15.6 Å². The highest BCUT2D eigenvalue weighted by Crippen LogP contribution is 2.13. The molecule has 1 amide bonds. The second-order valence-corrected chi connectivity index (χ2v) is 5.63. The van der Waals surface area contributed by atoms with E-state index in [1.807, 2.05) is 44.3 Å². The summed E-state index contributed by atoms with van der Waals surface area (Å²) in [6.45, 7) is 7.34. The molecule has 0 bridgehead atoms. The van der Waals surface area contributed by atoms with E-state index in [-0.39, 0.29) is 11.4 Å². The van der Waals surface area contributed by atoms with Crippen LogP contribution < -0.4 is 11.1 Å². The third-order valence-corrected chi connectivity index (χ3v) is 4.16. The van der Waals surface area contributed by atoms with Crippen LogP contribution in [0.2, 0.25) is 0 Å². The van der Waals surface area contributed by atoms with Crippen LogP contribution in [0.15, 0.2) is 0 Å². The number of rotatable bonds is 8. The van der Waals surface area contributed by atoms with Gasteiger partial charge in [0.2, 0.25) is 5.91 Å². The van der Waals surface area contributed by atoms with Gasteiger partial charge in [-0.1, -0.05) is 13.8 Å². The summed E-state index contributed by atoms with van der Waals surface area (Å²) in [5.74, 6) is 1.70. The van der Waals surface area contributed by atoms with Gasteiger partial charge in [-0.05, 0) is 26.8 Å². The number of aryl methyl sites for hydroxylation is 1. The fraction of sp³-hybridized carbons (Fsp3) is 0.786. The van der Waals surface area contributed by atoms with Gasteiger partial charge in [-0.15, -0.1) is 10.2 Å². The van der Waals surface area contributed by atoms with Crippen LogP contribution in [0.5, 0.6) is 0 Å². The summed E-state index contributed by atoms with van der Waals surface area (Å²) in [5, 5.41) is 11.2. The molecule has 0 radical (unpaired) electrons. The highest BCUT2D eigenvalue weighted by atomic mass is 16.2. The monoisotopic (exact) mass is 296 g/mol. The second-order valence-electron chi connectivity index (χ2n) is 5.63. The van der Waals surface area contributed by atoms with Crippen LogP contribution in [0, 0.1) is 6.92 Å². The predicted molar refractivity (Wildman–Crippen MR) is 82.6 cm³/mol. The quantitative estimate of drug-likeness (QED) is 0.715. The summed E-state index contributed by atoms with van der Waals surface area (Å²) in [7, 11) is 3.82. The summed E-state index contributed by atoms with van der Waals surface area (Å²) in [4.78, 5) is 14.1. The van der Waals surface area contributed by atoms with Gasteiger partial charge in [0.1, 0.15) is 11.6 Å². The Bertz CT molecular complexity index is 458. The number of aromatic nitrogens is 3. The molecule has 0 fully saturated rings. The van der Waals surface area contributed by atoms with Crippen LogP contribution >= 0.6 is 0 Å². The number of hydrogen-bond acceptors (Lipinski definition) is 5. The van der Waals surface area contributed by atoms with E-state index in [1.165, 1.54) is 0 Å². The molecular weight excluding hydrogens is 268 g/mol. The van der Waals surface area contributed by atoms with Gasteiger partial charge in [0.05, 0.1) is 18.6 Å². The van der Waals surface area contributed by atoms with Crippen molar-refractivity contribution < 1.29 is 4.79 Å². The Morgan fingerprint density at radius 3 is 2.43 bits per heavy atom. The molecule has 0 aliphatic heterocycles. The Morgan fingerprint density at radius 2 is 2.00 bits per heavy atom. The summed E-state index contributed by atoms with van der Waals surface area (Å²) in [6.07, 6.45) is 1.66. The fourth-order valence-electron chi connectivity index (χ4n) is 2.23. The number of nitrogens with zero attached hydrogens (tertiary/aromatic N) is 4. The zero-order valence-electron chi connectivity index (χ0n) is 13.8. The van der Waals surface area contributed by atoms with Crippen LogP contribution in [-0.4, -0.2) is 51.2 Å². The van der Waals surface area contributed by atoms with Crippen molar-refractivity contribution in [1.29, 1.82) is 0 Å². The number of nitrogens with one attached hydrogen (secondary N) is 1. The first-order valence-electron chi connectivity index (χ1n) is 7.42. The van der Waals surface area contributed by atoms with Gasteiger partial charge >= 0.3 is 0 Å². The largest absolute Gasteiger partial charge is 0.348 e. The molecule has 1 heterocycles. The van der Waals surface area contributed by atoms with E-state index in [0.29, 0.717) is 19.6 Å². The molecule has 1 rings (SSSR count). The highest BCUT2D eigenvalue weighted by Gasteiger charge is 2.26. The van der Waals surface area contributed by atoms with Crippen LogP contribution in [0.1, 0.15) is 38.3 Å². The molecule has 0 aliphatic rings. The van der Waals surface area contributed by atoms with Gasteiger partial charge in [-0.3, -0.25) is 9.69 Å². The molecule has 1 aromatic heterocycles. The molecule has 0 aromatic carbocycles. The number of hydrogen-bond donors (Lipinski definition) is 2. The van der Waals surface area contributed by atoms with Gasteiger partial charge in [0.15, 0.2) is 0 Å². The smallest absolute Gasteiger partial charge is 0.234 e. The standard InChI is InChI=1S/C14H28N6O/c1-6-14(7-2,10-15)16-13(21)9-19(4)8-12-18-17-11(3)20(12)5/h6-10,15H2,1-5H3,(H,16,21). The van der Waals surface area contributed by atoms with Crippen molar-refractivity contribution >= 4 is 5.91 Å². The number of carbonyl (C=O) groups excluding carboxylic acids is 1. The first-order valence-corrected chi connectivity index (χ1v) is 7.42. The lowest BCUT2D eigenvalue weighted by Crippen LogP contribution is -2.54. The zero-order valence-corrected chi connectivity index (χ0v) is 13.8. The average molecular weight is 296 g/mol. The van der Waals surface area contributed by atoms with Crippen molar-refractivity contribution in [3.05, 3.63) is 11.6 Å². The van der Waals surface area contributed by atoms with Crippen molar-refractivity contribution in [2.24, 2.45) is 12.8 Å². The third-order valence-electron chi connectivity index (χ3n) is 4.16. The van der Waals surface area contributed by atoms with Crippen LogP contribution in [0.4, 0.5) is 0 Å². The van der Waals surface area contributed by atoms with Crippen molar-refractivity contribution in [3.63, 3.8) is 0 Å². The van der Waals surface area contributed by atoms with E-state index >= 15 is 0 Å². The first kappa shape index (κ1) is 17.6. The number of amides is 1. The minimum atomic E-state index is -0.292. The Hall–Kier alpha value is -1.47. The molecule has 3 N–H and O–H groups in total. The van der Waals surface area contributed by atoms with E-state index in [9.17, 15) is 4.79 Å². The summed E-state index contributed by atoms with van der Waals surface area (Å²) >= 11 is 0. The molecule has 0 unspecified atom stereocenters. The average Bonchev–Trinajstić information content (AvgIpc) is 2.76. The lowest BCUT2D eigenvalue weighted by atomic mass is 9.93. The Morgan fingerprint density at radius 1 is 1.38 bits per heavy atom. The maximum atomic E-state index is 12.2. The maximum absolute atomic E-state index is 12.2. The molecule has 21 heavy (non-hydrogen) atoms.